The molecule has 7 nitrogen and oxygen atoms in total. The van der Waals surface area contributed by atoms with Crippen molar-refractivity contribution < 1.29 is 14.3 Å². The molecule has 10 heteroatoms. The van der Waals surface area contributed by atoms with E-state index in [0.717, 1.165) is 43.2 Å². The zero-order valence-corrected chi connectivity index (χ0v) is 20.2. The van der Waals surface area contributed by atoms with E-state index in [2.05, 4.69) is 15.5 Å². The first kappa shape index (κ1) is 22.8. The lowest BCUT2D eigenvalue weighted by Gasteiger charge is -2.07. The summed E-state index contributed by atoms with van der Waals surface area (Å²) in [6.45, 7) is 0. The maximum absolute atomic E-state index is 12.7. The Labute approximate surface area is 199 Å². The van der Waals surface area contributed by atoms with E-state index >= 15 is 0 Å². The number of thiophene rings is 1. The molecule has 0 bridgehead atoms. The second-order valence-electron chi connectivity index (χ2n) is 7.47. The molecule has 0 unspecified atom stereocenters. The molecule has 2 heterocycles. The summed E-state index contributed by atoms with van der Waals surface area (Å²) in [4.78, 5) is 26.3. The van der Waals surface area contributed by atoms with Gasteiger partial charge in [-0.15, -0.1) is 21.5 Å². The van der Waals surface area contributed by atoms with Gasteiger partial charge in [0.05, 0.1) is 18.4 Å². The Balaban J connectivity index is 1.47. The fourth-order valence-corrected chi connectivity index (χ4v) is 5.96. The molecule has 1 aliphatic carbocycles. The Bertz CT molecular complexity index is 1160. The van der Waals surface area contributed by atoms with Gasteiger partial charge in [-0.1, -0.05) is 41.9 Å². The highest BCUT2D eigenvalue weighted by Crippen LogP contribution is 2.38. The maximum atomic E-state index is 12.7. The Morgan fingerprint density at radius 1 is 1.25 bits per heavy atom. The number of amides is 1. The average Bonchev–Trinajstić information content (AvgIpc) is 3.22. The number of hydrogen-bond acceptors (Lipinski definition) is 7. The molecule has 0 radical (unpaired) electrons. The van der Waals surface area contributed by atoms with Crippen LogP contribution in [-0.2, 0) is 29.4 Å². The third-order valence-electron chi connectivity index (χ3n) is 5.31. The van der Waals surface area contributed by atoms with E-state index in [4.69, 9.17) is 16.3 Å². The van der Waals surface area contributed by atoms with Gasteiger partial charge in [0.1, 0.15) is 5.00 Å². The smallest absolute Gasteiger partial charge is 0.341 e. The van der Waals surface area contributed by atoms with E-state index in [9.17, 15) is 9.59 Å². The van der Waals surface area contributed by atoms with Crippen molar-refractivity contribution in [2.75, 3.05) is 18.2 Å². The van der Waals surface area contributed by atoms with Crippen molar-refractivity contribution >= 4 is 51.6 Å². The minimum absolute atomic E-state index is 0.144. The fraction of sp³-hybridized carbons (Fsp3) is 0.364. The maximum Gasteiger partial charge on any atom is 0.341 e. The van der Waals surface area contributed by atoms with Crippen LogP contribution in [0.2, 0.25) is 5.02 Å². The highest BCUT2D eigenvalue weighted by atomic mass is 35.5. The molecule has 4 rings (SSSR count). The SMILES string of the molecule is COC(=O)c1c(NC(=O)CSc2nnc(-c3cccc(Cl)c3)n2C)sc2c1CCCCC2. The molecular weight excluding hydrogens is 468 g/mol. The van der Waals surface area contributed by atoms with E-state index in [1.807, 2.05) is 29.8 Å². The van der Waals surface area contributed by atoms with Crippen molar-refractivity contribution in [3.63, 3.8) is 0 Å². The molecule has 1 amide bonds. The van der Waals surface area contributed by atoms with Gasteiger partial charge in [-0.05, 0) is 43.4 Å². The highest BCUT2D eigenvalue weighted by Gasteiger charge is 2.26. The summed E-state index contributed by atoms with van der Waals surface area (Å²) < 4.78 is 6.83. The molecule has 0 saturated carbocycles. The van der Waals surface area contributed by atoms with Crippen LogP contribution in [0.5, 0.6) is 0 Å². The zero-order chi connectivity index (χ0) is 22.7. The van der Waals surface area contributed by atoms with Crippen molar-refractivity contribution in [1.82, 2.24) is 14.8 Å². The van der Waals surface area contributed by atoms with Gasteiger partial charge in [0, 0.05) is 22.5 Å². The molecule has 0 spiro atoms. The lowest BCUT2D eigenvalue weighted by Crippen LogP contribution is -2.16. The molecule has 1 aromatic carbocycles. The Morgan fingerprint density at radius 3 is 2.84 bits per heavy atom. The number of aryl methyl sites for hydroxylation is 1. The van der Waals surface area contributed by atoms with Crippen LogP contribution >= 0.6 is 34.7 Å². The van der Waals surface area contributed by atoms with Gasteiger partial charge in [-0.3, -0.25) is 4.79 Å². The number of carbonyl (C=O) groups excluding carboxylic acids is 2. The van der Waals surface area contributed by atoms with Crippen LogP contribution in [-0.4, -0.2) is 39.5 Å². The molecule has 0 fully saturated rings. The molecule has 2 aromatic heterocycles. The number of thioether (sulfide) groups is 1. The fourth-order valence-electron chi connectivity index (χ4n) is 3.76. The normalized spacial score (nSPS) is 13.3. The van der Waals surface area contributed by atoms with E-state index in [1.165, 1.54) is 35.1 Å². The predicted molar refractivity (Wildman–Crippen MR) is 128 cm³/mol. The van der Waals surface area contributed by atoms with Gasteiger partial charge < -0.3 is 14.6 Å². The number of esters is 1. The summed E-state index contributed by atoms with van der Waals surface area (Å²) in [5.41, 5.74) is 2.39. The van der Waals surface area contributed by atoms with Gasteiger partial charge in [-0.2, -0.15) is 0 Å². The Hall–Kier alpha value is -2.36. The third-order valence-corrected chi connectivity index (χ3v) is 7.78. The quantitative estimate of drug-likeness (QED) is 0.298. The van der Waals surface area contributed by atoms with Crippen molar-refractivity contribution in [2.24, 2.45) is 7.05 Å². The molecular formula is C22H23ClN4O3S2. The molecule has 1 N–H and O–H groups in total. The van der Waals surface area contributed by atoms with Crippen LogP contribution in [0, 0.1) is 0 Å². The van der Waals surface area contributed by atoms with Crippen molar-refractivity contribution in [1.29, 1.82) is 0 Å². The number of aromatic nitrogens is 3. The number of methoxy groups -OCH3 is 1. The predicted octanol–water partition coefficient (Wildman–Crippen LogP) is 4.98. The zero-order valence-electron chi connectivity index (χ0n) is 17.8. The van der Waals surface area contributed by atoms with Crippen LogP contribution in [0.4, 0.5) is 5.00 Å². The monoisotopic (exact) mass is 490 g/mol. The Kier molecular flexibility index (Phi) is 7.17. The number of halogens is 1. The summed E-state index contributed by atoms with van der Waals surface area (Å²) >= 11 is 8.85. The highest BCUT2D eigenvalue weighted by molar-refractivity contribution is 7.99. The number of ether oxygens (including phenoxy) is 1. The van der Waals surface area contributed by atoms with E-state index < -0.39 is 5.97 Å². The molecule has 32 heavy (non-hydrogen) atoms. The van der Waals surface area contributed by atoms with Crippen LogP contribution in [0.15, 0.2) is 29.4 Å². The van der Waals surface area contributed by atoms with Gasteiger partial charge in [0.15, 0.2) is 11.0 Å². The average molecular weight is 491 g/mol. The van der Waals surface area contributed by atoms with E-state index in [-0.39, 0.29) is 11.7 Å². The number of anilines is 1. The summed E-state index contributed by atoms with van der Waals surface area (Å²) in [6, 6.07) is 7.39. The largest absolute Gasteiger partial charge is 0.465 e. The number of carbonyl (C=O) groups is 2. The minimum atomic E-state index is -0.396. The Morgan fingerprint density at radius 2 is 2.06 bits per heavy atom. The third kappa shape index (κ3) is 4.84. The van der Waals surface area contributed by atoms with E-state index in [1.54, 1.807) is 6.07 Å². The number of nitrogens with one attached hydrogen (secondary N) is 1. The lowest BCUT2D eigenvalue weighted by molar-refractivity contribution is -0.113. The summed E-state index contributed by atoms with van der Waals surface area (Å²) in [5, 5.41) is 13.2. The molecule has 168 valence electrons. The first-order valence-corrected chi connectivity index (χ1v) is 12.5. The molecule has 1 aliphatic rings. The number of rotatable bonds is 6. The van der Waals surface area contributed by atoms with Crippen molar-refractivity contribution in [3.8, 4) is 11.4 Å². The van der Waals surface area contributed by atoms with Crippen molar-refractivity contribution in [3.05, 3.63) is 45.3 Å². The summed E-state index contributed by atoms with van der Waals surface area (Å²) in [5.74, 6) is 0.214. The molecule has 0 aliphatic heterocycles. The van der Waals surface area contributed by atoms with Crippen LogP contribution in [0.1, 0.15) is 40.1 Å². The van der Waals surface area contributed by atoms with Crippen LogP contribution in [0.3, 0.4) is 0 Å². The first-order valence-electron chi connectivity index (χ1n) is 10.3. The number of hydrogen-bond donors (Lipinski definition) is 1. The number of nitrogens with zero attached hydrogens (tertiary/aromatic N) is 3. The second kappa shape index (κ2) is 10.1. The lowest BCUT2D eigenvalue weighted by atomic mass is 10.1. The number of fused-ring (bicyclic) bond motifs is 1. The summed E-state index contributed by atoms with van der Waals surface area (Å²) in [6.07, 6.45) is 5.05. The minimum Gasteiger partial charge on any atom is -0.465 e. The topological polar surface area (TPSA) is 86.1 Å². The van der Waals surface area contributed by atoms with Crippen molar-refractivity contribution in [2.45, 2.75) is 37.3 Å². The van der Waals surface area contributed by atoms with Crippen LogP contribution < -0.4 is 5.32 Å². The number of benzene rings is 1. The molecule has 3 aromatic rings. The molecule has 0 atom stereocenters. The van der Waals surface area contributed by atoms with Gasteiger partial charge >= 0.3 is 5.97 Å². The van der Waals surface area contributed by atoms with Gasteiger partial charge in [0.25, 0.3) is 0 Å². The standard InChI is InChI=1S/C22H23ClN4O3S2/c1-27-19(13-7-6-8-14(23)11-13)25-26-22(27)31-12-17(28)24-20-18(21(29)30-2)15-9-4-3-5-10-16(15)32-20/h6-8,11H,3-5,9-10,12H2,1-2H3,(H,24,28). The second-order valence-corrected chi connectivity index (χ2v) is 9.96. The van der Waals surface area contributed by atoms with E-state index in [0.29, 0.717) is 26.6 Å². The van der Waals surface area contributed by atoms with Gasteiger partial charge in [-0.25, -0.2) is 4.79 Å². The van der Waals surface area contributed by atoms with Crippen LogP contribution in [0.25, 0.3) is 11.4 Å². The first-order chi connectivity index (χ1) is 15.5. The van der Waals surface area contributed by atoms with Gasteiger partial charge in [0.2, 0.25) is 5.91 Å². The molecule has 0 saturated heterocycles. The summed E-state index contributed by atoms with van der Waals surface area (Å²) in [7, 11) is 3.22.